The number of hydrogen-bond acceptors (Lipinski definition) is 7. The lowest BCUT2D eigenvalue weighted by Gasteiger charge is -2.28. The number of likely N-dealkylation sites (N-methyl/N-ethyl adjacent to an activating group) is 2. The average molecular weight is 561 g/mol. The Kier molecular flexibility index (Phi) is 10.4. The predicted octanol–water partition coefficient (Wildman–Crippen LogP) is 1.85. The quantitative estimate of drug-likeness (QED) is 0.332. The number of aliphatic carboxylic acids is 2. The van der Waals surface area contributed by atoms with Crippen molar-refractivity contribution >= 4 is 35.0 Å². The molecule has 4 rings (SSSR count). The summed E-state index contributed by atoms with van der Waals surface area (Å²) < 4.78 is 13.8. The number of carboxylic acid groups (broad SMARTS) is 2. The number of halogens is 1. The lowest BCUT2D eigenvalue weighted by atomic mass is 9.98. The highest BCUT2D eigenvalue weighted by Gasteiger charge is 2.40. The Bertz CT molecular complexity index is 1200. The minimum absolute atomic E-state index is 0.0919. The highest BCUT2D eigenvalue weighted by atomic mass is 19.1. The van der Waals surface area contributed by atoms with E-state index in [1.165, 1.54) is 12.1 Å². The molecule has 0 radical (unpaired) electrons. The number of nitrogens with zero attached hydrogens (tertiary/aromatic N) is 3. The molecule has 12 heteroatoms. The van der Waals surface area contributed by atoms with Gasteiger partial charge in [-0.2, -0.15) is 0 Å². The Balaban J connectivity index is 0.000000424. The number of anilines is 1. The number of benzene rings is 1. The molecule has 0 aromatic heterocycles. The molecule has 0 saturated carbocycles. The van der Waals surface area contributed by atoms with Crippen molar-refractivity contribution in [1.82, 2.24) is 14.7 Å². The number of carbonyl (C=O) groups excluding carboxylic acids is 2. The maximum atomic E-state index is 13.8. The van der Waals surface area contributed by atoms with E-state index in [2.05, 4.69) is 29.0 Å². The van der Waals surface area contributed by atoms with Crippen LogP contribution in [-0.2, 0) is 19.2 Å². The monoisotopic (exact) mass is 560 g/mol. The highest BCUT2D eigenvalue weighted by molar-refractivity contribution is 6.31. The van der Waals surface area contributed by atoms with Gasteiger partial charge in [0.2, 0.25) is 5.91 Å². The molecule has 1 saturated heterocycles. The van der Waals surface area contributed by atoms with E-state index < -0.39 is 24.5 Å². The van der Waals surface area contributed by atoms with Crippen LogP contribution in [0.25, 0.3) is 5.57 Å². The number of nitrogens with one attached hydrogen (secondary N) is 1. The van der Waals surface area contributed by atoms with E-state index in [-0.39, 0.29) is 29.6 Å². The molecule has 3 aliphatic heterocycles. The van der Waals surface area contributed by atoms with E-state index in [1.54, 1.807) is 12.1 Å². The summed E-state index contributed by atoms with van der Waals surface area (Å²) >= 11 is 0. The first-order valence-corrected chi connectivity index (χ1v) is 13.4. The van der Waals surface area contributed by atoms with Gasteiger partial charge in [-0.3, -0.25) is 14.4 Å². The molecule has 0 bridgehead atoms. The first-order chi connectivity index (χ1) is 19.0. The molecular weight excluding hydrogens is 523 g/mol. The van der Waals surface area contributed by atoms with Crippen molar-refractivity contribution in [3.05, 3.63) is 47.4 Å². The zero-order valence-electron chi connectivity index (χ0n) is 23.0. The molecule has 3 atom stereocenters. The van der Waals surface area contributed by atoms with Crippen molar-refractivity contribution in [1.29, 1.82) is 0 Å². The Morgan fingerprint density at radius 2 is 1.93 bits per heavy atom. The second-order valence-electron chi connectivity index (χ2n) is 9.94. The fraction of sp³-hybridized carbons (Fsp3) is 0.500. The van der Waals surface area contributed by atoms with E-state index in [0.717, 1.165) is 51.3 Å². The minimum Gasteiger partial charge on any atom is -0.481 e. The van der Waals surface area contributed by atoms with Gasteiger partial charge in [0.15, 0.2) is 6.10 Å². The van der Waals surface area contributed by atoms with Crippen LogP contribution in [0.15, 0.2) is 36.0 Å². The van der Waals surface area contributed by atoms with Crippen molar-refractivity contribution in [2.75, 3.05) is 45.1 Å². The van der Waals surface area contributed by atoms with Crippen LogP contribution < -0.4 is 5.32 Å². The second kappa shape index (κ2) is 13.5. The van der Waals surface area contributed by atoms with Crippen molar-refractivity contribution in [2.45, 2.75) is 45.3 Å². The van der Waals surface area contributed by atoms with Crippen LogP contribution in [0, 0.1) is 11.7 Å². The number of fused-ring (bicyclic) bond motifs is 2. The van der Waals surface area contributed by atoms with E-state index in [4.69, 9.17) is 15.3 Å². The molecule has 1 fully saturated rings. The molecule has 218 valence electrons. The van der Waals surface area contributed by atoms with Crippen LogP contribution in [0.2, 0.25) is 0 Å². The normalized spacial score (nSPS) is 21.8. The van der Waals surface area contributed by atoms with Gasteiger partial charge in [0.1, 0.15) is 5.82 Å². The SMILES string of the molecule is CCN(CC)CCN1CCCC2C(C=C(C=C3C(=O)Nc4ccc(F)cc43)N2C)C1=O.O=C(O)CC(O)C(=O)O. The topological polar surface area (TPSA) is 151 Å². The van der Waals surface area contributed by atoms with E-state index in [9.17, 15) is 23.6 Å². The summed E-state index contributed by atoms with van der Waals surface area (Å²) in [6.07, 6.45) is 3.12. The molecule has 4 N–H and O–H groups in total. The molecule has 1 aromatic carbocycles. The molecule has 1 aromatic rings. The minimum atomic E-state index is -1.79. The van der Waals surface area contributed by atoms with Gasteiger partial charge in [-0.1, -0.05) is 13.8 Å². The summed E-state index contributed by atoms with van der Waals surface area (Å²) in [6.45, 7) is 8.66. The number of allylic oxidation sites excluding steroid dienone is 1. The molecule has 3 unspecified atom stereocenters. The third-order valence-electron chi connectivity index (χ3n) is 7.48. The maximum Gasteiger partial charge on any atom is 0.333 e. The van der Waals surface area contributed by atoms with Gasteiger partial charge in [-0.05, 0) is 56.3 Å². The lowest BCUT2D eigenvalue weighted by molar-refractivity contribution is -0.152. The number of likely N-dealkylation sites (tertiary alicyclic amines) is 1. The maximum absolute atomic E-state index is 13.8. The van der Waals surface area contributed by atoms with E-state index in [0.29, 0.717) is 16.8 Å². The molecule has 3 heterocycles. The molecule has 11 nitrogen and oxygen atoms in total. The zero-order valence-corrected chi connectivity index (χ0v) is 23.0. The van der Waals surface area contributed by atoms with Gasteiger partial charge < -0.3 is 35.3 Å². The predicted molar refractivity (Wildman–Crippen MR) is 146 cm³/mol. The van der Waals surface area contributed by atoms with Crippen molar-refractivity contribution in [3.63, 3.8) is 0 Å². The summed E-state index contributed by atoms with van der Waals surface area (Å²) in [5, 5.41) is 26.9. The number of carboxylic acids is 2. The summed E-state index contributed by atoms with van der Waals surface area (Å²) in [4.78, 5) is 51.7. The Morgan fingerprint density at radius 1 is 1.23 bits per heavy atom. The van der Waals surface area contributed by atoms with Gasteiger partial charge >= 0.3 is 11.9 Å². The lowest BCUT2D eigenvalue weighted by Crippen LogP contribution is -2.42. The van der Waals surface area contributed by atoms with Crippen LogP contribution in [0.5, 0.6) is 0 Å². The van der Waals surface area contributed by atoms with Gasteiger partial charge in [-0.15, -0.1) is 0 Å². The van der Waals surface area contributed by atoms with Crippen LogP contribution in [-0.4, -0.2) is 106 Å². The molecule has 0 aliphatic carbocycles. The van der Waals surface area contributed by atoms with E-state index >= 15 is 0 Å². The average Bonchev–Trinajstić information content (AvgIpc) is 3.32. The fourth-order valence-corrected chi connectivity index (χ4v) is 5.14. The summed E-state index contributed by atoms with van der Waals surface area (Å²) in [5.74, 6) is -3.51. The smallest absolute Gasteiger partial charge is 0.333 e. The van der Waals surface area contributed by atoms with Gasteiger partial charge in [-0.25, -0.2) is 9.18 Å². The van der Waals surface area contributed by atoms with Gasteiger partial charge in [0.05, 0.1) is 17.9 Å². The van der Waals surface area contributed by atoms with Crippen LogP contribution in [0.3, 0.4) is 0 Å². The van der Waals surface area contributed by atoms with E-state index in [1.807, 2.05) is 18.0 Å². The Labute approximate surface area is 232 Å². The molecule has 40 heavy (non-hydrogen) atoms. The number of aliphatic hydroxyl groups is 1. The third kappa shape index (κ3) is 7.24. The van der Waals surface area contributed by atoms with Crippen LogP contribution in [0.1, 0.15) is 38.7 Å². The van der Waals surface area contributed by atoms with Crippen LogP contribution >= 0.6 is 0 Å². The Morgan fingerprint density at radius 3 is 2.52 bits per heavy atom. The summed E-state index contributed by atoms with van der Waals surface area (Å²) in [7, 11) is 1.98. The summed E-state index contributed by atoms with van der Waals surface area (Å²) in [5.41, 5.74) is 2.47. The first-order valence-electron chi connectivity index (χ1n) is 13.4. The van der Waals surface area contributed by atoms with Crippen molar-refractivity contribution < 1.29 is 38.9 Å². The first kappa shape index (κ1) is 30.8. The van der Waals surface area contributed by atoms with Gasteiger partial charge in [0, 0.05) is 49.7 Å². The fourth-order valence-electron chi connectivity index (χ4n) is 5.14. The van der Waals surface area contributed by atoms with Crippen molar-refractivity contribution in [3.8, 4) is 0 Å². The number of amides is 2. The van der Waals surface area contributed by atoms with Crippen molar-refractivity contribution in [2.24, 2.45) is 5.92 Å². The molecule has 2 amide bonds. The zero-order chi connectivity index (χ0) is 29.6. The molecular formula is C28H37FN4O7. The molecule has 0 spiro atoms. The summed E-state index contributed by atoms with van der Waals surface area (Å²) in [6, 6.07) is 4.39. The number of rotatable bonds is 9. The molecule has 3 aliphatic rings. The Hall–Kier alpha value is -3.77. The van der Waals surface area contributed by atoms with Gasteiger partial charge in [0.25, 0.3) is 5.91 Å². The second-order valence-corrected chi connectivity index (χ2v) is 9.94. The highest BCUT2D eigenvalue weighted by Crippen LogP contribution is 2.37. The number of aliphatic hydroxyl groups excluding tert-OH is 1. The number of hydrogen-bond donors (Lipinski definition) is 4. The standard InChI is InChI=1S/C24H31FN4O2.C4H6O5/c1-4-28(5-2)11-12-29-10-6-7-22-20(24(29)31)15-17(27(22)3)14-19-18-13-16(25)8-9-21(18)26-23(19)30;5-2(4(8)9)1-3(6)7/h8-9,13-15,20,22H,4-7,10-12H2,1-3H3,(H,26,30);2,5H,1H2,(H,6,7)(H,8,9). The largest absolute Gasteiger partial charge is 0.481 e. The van der Waals surface area contributed by atoms with Crippen LogP contribution in [0.4, 0.5) is 10.1 Å². The number of carbonyl (C=O) groups is 4. The third-order valence-corrected chi connectivity index (χ3v) is 7.48.